The van der Waals surface area contributed by atoms with Crippen LogP contribution in [0.25, 0.3) is 0 Å². The average molecular weight is 329 g/mol. The second-order valence-electron chi connectivity index (χ2n) is 6.02. The summed E-state index contributed by atoms with van der Waals surface area (Å²) < 4.78 is 2.22. The molecule has 128 valence electrons. The van der Waals surface area contributed by atoms with Gasteiger partial charge in [-0.3, -0.25) is 9.69 Å². The van der Waals surface area contributed by atoms with Gasteiger partial charge in [0, 0.05) is 37.9 Å². The van der Waals surface area contributed by atoms with Gasteiger partial charge in [-0.15, -0.1) is 0 Å². The Kier molecular flexibility index (Phi) is 4.82. The molecule has 0 spiro atoms. The summed E-state index contributed by atoms with van der Waals surface area (Å²) in [5, 5.41) is 3.50. The summed E-state index contributed by atoms with van der Waals surface area (Å²) >= 11 is 0. The molecule has 2 aromatic rings. The zero-order valence-corrected chi connectivity index (χ0v) is 13.8. The predicted octanol–water partition coefficient (Wildman–Crippen LogP) is 0.279. The number of hydrogen-bond donors (Lipinski definition) is 2. The third kappa shape index (κ3) is 3.13. The van der Waals surface area contributed by atoms with Crippen molar-refractivity contribution in [1.29, 1.82) is 0 Å². The number of piperazine rings is 1. The van der Waals surface area contributed by atoms with Crippen LogP contribution in [0.5, 0.6) is 0 Å². The molecular formula is C17H23N5O2. The Morgan fingerprint density at radius 2 is 2.00 bits per heavy atom. The Balaban J connectivity index is 1.90. The molecule has 1 aliphatic rings. The van der Waals surface area contributed by atoms with E-state index in [4.69, 9.17) is 5.84 Å². The number of nitrogen functional groups attached to an aromatic ring is 1. The maximum Gasteiger partial charge on any atom is 0.350 e. The van der Waals surface area contributed by atoms with Crippen LogP contribution < -0.4 is 22.4 Å². The van der Waals surface area contributed by atoms with Gasteiger partial charge < -0.3 is 11.2 Å². The molecule has 1 aromatic heterocycles. The van der Waals surface area contributed by atoms with E-state index in [1.165, 1.54) is 22.4 Å². The van der Waals surface area contributed by atoms with E-state index >= 15 is 0 Å². The molecule has 2 unspecified atom stereocenters. The first kappa shape index (κ1) is 16.5. The number of nitrogens with zero attached hydrogens (tertiary/aromatic N) is 3. The molecule has 0 bridgehead atoms. The van der Waals surface area contributed by atoms with E-state index in [-0.39, 0.29) is 17.8 Å². The third-order valence-corrected chi connectivity index (χ3v) is 4.54. The number of rotatable bonds is 4. The average Bonchev–Trinajstić information content (AvgIpc) is 2.63. The lowest BCUT2D eigenvalue weighted by Gasteiger charge is -2.39. The van der Waals surface area contributed by atoms with E-state index in [0.29, 0.717) is 6.42 Å². The monoisotopic (exact) mass is 329 g/mol. The van der Waals surface area contributed by atoms with Gasteiger partial charge in [-0.1, -0.05) is 37.3 Å². The van der Waals surface area contributed by atoms with E-state index in [2.05, 4.69) is 22.3 Å². The highest BCUT2D eigenvalue weighted by Crippen LogP contribution is 2.22. The van der Waals surface area contributed by atoms with Gasteiger partial charge >= 0.3 is 5.69 Å². The highest BCUT2D eigenvalue weighted by molar-refractivity contribution is 5.19. The zero-order valence-electron chi connectivity index (χ0n) is 13.8. The maximum atomic E-state index is 12.3. The molecule has 0 saturated carbocycles. The topological polar surface area (TPSA) is 85.3 Å². The van der Waals surface area contributed by atoms with E-state index in [1.54, 1.807) is 0 Å². The van der Waals surface area contributed by atoms with Gasteiger partial charge in [0.25, 0.3) is 5.56 Å². The quantitative estimate of drug-likeness (QED) is 0.787. The minimum atomic E-state index is -0.482. The molecule has 2 heterocycles. The smallest absolute Gasteiger partial charge is 0.335 e. The highest BCUT2D eigenvalue weighted by atomic mass is 16.2. The number of benzene rings is 1. The normalized spacial score (nSPS) is 20.0. The van der Waals surface area contributed by atoms with Crippen LogP contribution in [0.3, 0.4) is 0 Å². The Morgan fingerprint density at radius 3 is 2.71 bits per heavy atom. The molecule has 0 amide bonds. The van der Waals surface area contributed by atoms with Crippen molar-refractivity contribution in [2.75, 3.05) is 25.5 Å². The van der Waals surface area contributed by atoms with Crippen LogP contribution in [0.2, 0.25) is 0 Å². The summed E-state index contributed by atoms with van der Waals surface area (Å²) in [7, 11) is 0. The predicted molar refractivity (Wildman–Crippen MR) is 93.2 cm³/mol. The number of hydrogen-bond acceptors (Lipinski definition) is 5. The van der Waals surface area contributed by atoms with Gasteiger partial charge in [-0.25, -0.2) is 14.0 Å². The molecule has 24 heavy (non-hydrogen) atoms. The fraction of sp³-hybridized carbons (Fsp3) is 0.412. The van der Waals surface area contributed by atoms with Gasteiger partial charge in [-0.05, 0) is 12.0 Å². The Hall–Kier alpha value is -2.38. The van der Waals surface area contributed by atoms with Gasteiger partial charge in [0.05, 0.1) is 6.17 Å². The summed E-state index contributed by atoms with van der Waals surface area (Å²) in [6, 6.07) is 11.7. The SMILES string of the molecule is CCC(N1CCNC(c2ccccc2)C1)n1c(=O)ccn(N)c1=O. The molecule has 0 aliphatic carbocycles. The third-order valence-electron chi connectivity index (χ3n) is 4.54. The molecule has 0 radical (unpaired) electrons. The standard InChI is InChI=1S/C17H23N5O2/c1-2-15(22-16(23)8-10-21(18)17(22)24)20-11-9-19-14(12-20)13-6-4-3-5-7-13/h3-8,10,14-15,19H,2,9,11-12,18H2,1H3. The summed E-state index contributed by atoms with van der Waals surface area (Å²) in [5.74, 6) is 5.64. The molecule has 1 fully saturated rings. The van der Waals surface area contributed by atoms with Crippen LogP contribution in [-0.2, 0) is 0 Å². The van der Waals surface area contributed by atoms with Crippen LogP contribution in [-0.4, -0.2) is 33.8 Å². The van der Waals surface area contributed by atoms with E-state index in [9.17, 15) is 9.59 Å². The van der Waals surface area contributed by atoms with Crippen LogP contribution in [0, 0.1) is 0 Å². The van der Waals surface area contributed by atoms with Crippen molar-refractivity contribution in [2.24, 2.45) is 0 Å². The molecular weight excluding hydrogens is 306 g/mol. The van der Waals surface area contributed by atoms with Gasteiger partial charge in [0.15, 0.2) is 0 Å². The lowest BCUT2D eigenvalue weighted by molar-refractivity contribution is 0.0885. The molecule has 7 heteroatoms. The van der Waals surface area contributed by atoms with E-state index in [1.807, 2.05) is 25.1 Å². The first-order valence-electron chi connectivity index (χ1n) is 8.23. The largest absolute Gasteiger partial charge is 0.350 e. The Morgan fingerprint density at radius 1 is 1.25 bits per heavy atom. The summed E-state index contributed by atoms with van der Waals surface area (Å²) in [6.07, 6.45) is 1.66. The first-order chi connectivity index (χ1) is 11.6. The Labute approximate surface area is 140 Å². The molecule has 1 aromatic carbocycles. The van der Waals surface area contributed by atoms with Crippen LogP contribution in [0.1, 0.15) is 31.1 Å². The van der Waals surface area contributed by atoms with E-state index < -0.39 is 5.69 Å². The highest BCUT2D eigenvalue weighted by Gasteiger charge is 2.28. The van der Waals surface area contributed by atoms with Crippen molar-refractivity contribution < 1.29 is 0 Å². The molecule has 7 nitrogen and oxygen atoms in total. The summed E-state index contributed by atoms with van der Waals surface area (Å²) in [4.78, 5) is 26.8. The maximum absolute atomic E-state index is 12.3. The van der Waals surface area contributed by atoms with Gasteiger partial charge in [-0.2, -0.15) is 0 Å². The van der Waals surface area contributed by atoms with Crippen LogP contribution >= 0.6 is 0 Å². The lowest BCUT2D eigenvalue weighted by atomic mass is 10.0. The van der Waals surface area contributed by atoms with Gasteiger partial charge in [0.2, 0.25) is 0 Å². The minimum absolute atomic E-state index is 0.175. The fourth-order valence-corrected chi connectivity index (χ4v) is 3.34. The molecule has 3 N–H and O–H groups in total. The van der Waals surface area contributed by atoms with Crippen molar-refractivity contribution in [3.05, 3.63) is 69.0 Å². The summed E-state index contributed by atoms with van der Waals surface area (Å²) in [5.41, 5.74) is 0.404. The van der Waals surface area contributed by atoms with Crippen molar-refractivity contribution in [1.82, 2.24) is 19.5 Å². The second kappa shape index (κ2) is 7.02. The minimum Gasteiger partial charge on any atom is -0.335 e. The van der Waals surface area contributed by atoms with Crippen LogP contribution in [0.4, 0.5) is 0 Å². The fourth-order valence-electron chi connectivity index (χ4n) is 3.34. The lowest BCUT2D eigenvalue weighted by Crippen LogP contribution is -2.53. The molecule has 1 saturated heterocycles. The van der Waals surface area contributed by atoms with Crippen LogP contribution in [0.15, 0.2) is 52.2 Å². The van der Waals surface area contributed by atoms with Gasteiger partial charge in [0.1, 0.15) is 0 Å². The number of nitrogens with two attached hydrogens (primary N) is 1. The molecule has 2 atom stereocenters. The number of nitrogens with one attached hydrogen (secondary N) is 1. The Bertz CT molecular complexity index is 799. The van der Waals surface area contributed by atoms with E-state index in [0.717, 1.165) is 24.3 Å². The first-order valence-corrected chi connectivity index (χ1v) is 8.23. The number of aromatic nitrogens is 2. The van der Waals surface area contributed by atoms with Crippen molar-refractivity contribution in [3.63, 3.8) is 0 Å². The zero-order chi connectivity index (χ0) is 17.1. The second-order valence-corrected chi connectivity index (χ2v) is 6.02. The van der Waals surface area contributed by atoms with Crippen molar-refractivity contribution >= 4 is 0 Å². The van der Waals surface area contributed by atoms with Crippen molar-refractivity contribution in [3.8, 4) is 0 Å². The molecule has 1 aliphatic heterocycles. The van der Waals surface area contributed by atoms with Crippen molar-refractivity contribution in [2.45, 2.75) is 25.6 Å². The summed E-state index contributed by atoms with van der Waals surface area (Å²) in [6.45, 7) is 4.28. The molecule has 3 rings (SSSR count).